The Morgan fingerprint density at radius 2 is 2.45 bits per heavy atom. The average molecular weight is 153 g/mol. The third kappa shape index (κ3) is 1.63. The van der Waals surface area contributed by atoms with Gasteiger partial charge < -0.3 is 5.21 Å². The van der Waals surface area contributed by atoms with Gasteiger partial charge in [0.15, 0.2) is 0 Å². The Labute approximate surface area is 64.8 Å². The smallest absolute Gasteiger partial charge is 0.273 e. The van der Waals surface area contributed by atoms with Crippen molar-refractivity contribution in [2.24, 2.45) is 5.10 Å². The molecule has 0 spiro atoms. The van der Waals surface area contributed by atoms with E-state index in [1.165, 1.54) is 0 Å². The second-order valence-corrected chi connectivity index (χ2v) is 2.29. The molecule has 1 aliphatic rings. The van der Waals surface area contributed by atoms with Gasteiger partial charge in [0.05, 0.1) is 0 Å². The second-order valence-electron chi connectivity index (χ2n) is 2.29. The highest BCUT2D eigenvalue weighted by Gasteiger charge is 2.23. The van der Waals surface area contributed by atoms with E-state index in [9.17, 15) is 10.0 Å². The van der Waals surface area contributed by atoms with Crippen molar-refractivity contribution in [1.82, 2.24) is 0 Å². The summed E-state index contributed by atoms with van der Waals surface area (Å²) in [6, 6.07) is 0. The monoisotopic (exact) mass is 153 g/mol. The first-order valence-corrected chi connectivity index (χ1v) is 3.46. The number of ketones is 1. The Balaban J connectivity index is 2.58. The van der Waals surface area contributed by atoms with Crippen LogP contribution in [-0.4, -0.2) is 22.6 Å². The lowest BCUT2D eigenvalue weighted by atomic mass is 10.1. The molecule has 0 aromatic heterocycles. The van der Waals surface area contributed by atoms with Gasteiger partial charge in [-0.2, -0.15) is 0 Å². The van der Waals surface area contributed by atoms with Gasteiger partial charge in [-0.25, -0.2) is 0 Å². The van der Waals surface area contributed by atoms with Crippen molar-refractivity contribution in [3.05, 3.63) is 12.1 Å². The quantitative estimate of drug-likeness (QED) is 0.438. The van der Waals surface area contributed by atoms with Gasteiger partial charge in [-0.3, -0.25) is 4.79 Å². The van der Waals surface area contributed by atoms with E-state index in [1.807, 2.05) is 0 Å². The largest absolute Gasteiger partial charge is 0.594 e. The Morgan fingerprint density at radius 3 is 2.91 bits per heavy atom. The van der Waals surface area contributed by atoms with Gasteiger partial charge in [0.25, 0.3) is 11.5 Å². The molecule has 0 aromatic rings. The minimum atomic E-state index is -0.270. The minimum Gasteiger partial charge on any atom is -0.594 e. The molecular weight excluding hydrogens is 144 g/mol. The van der Waals surface area contributed by atoms with Gasteiger partial charge in [0.2, 0.25) is 0 Å². The number of carbonyl (C=O) groups excluding carboxylic acids is 1. The fourth-order valence-electron chi connectivity index (χ4n) is 0.855. The summed E-state index contributed by atoms with van der Waals surface area (Å²) in [5.74, 6) is -0.270. The maximum atomic E-state index is 10.8. The number of unbranched alkanes of at least 4 members (excludes halogenated alkanes) is 1. The summed E-state index contributed by atoms with van der Waals surface area (Å²) in [6.07, 6.45) is 3.01. The maximum absolute atomic E-state index is 10.8. The van der Waals surface area contributed by atoms with Crippen LogP contribution in [0.4, 0.5) is 0 Å². The van der Waals surface area contributed by atoms with Crippen molar-refractivity contribution in [3.63, 3.8) is 0 Å². The minimum absolute atomic E-state index is 0.230. The van der Waals surface area contributed by atoms with Crippen molar-refractivity contribution < 1.29 is 9.64 Å². The van der Waals surface area contributed by atoms with E-state index < -0.39 is 0 Å². The lowest BCUT2D eigenvalue weighted by Crippen LogP contribution is -2.16. The summed E-state index contributed by atoms with van der Waals surface area (Å²) < 4.78 is 0. The molecule has 0 fully saturated rings. The molecule has 0 saturated heterocycles. The molecule has 0 atom stereocenters. The number of hydrazone groups is 1. The molecule has 1 radical (unpaired) electrons. The van der Waals surface area contributed by atoms with Crippen LogP contribution in [0.15, 0.2) is 5.10 Å². The van der Waals surface area contributed by atoms with Crippen LogP contribution in [0.5, 0.6) is 0 Å². The Kier molecular flexibility index (Phi) is 2.36. The zero-order valence-electron chi connectivity index (χ0n) is 6.12. The average Bonchev–Trinajstić information content (AvgIpc) is 2.29. The van der Waals surface area contributed by atoms with Gasteiger partial charge in [0, 0.05) is 11.5 Å². The van der Waals surface area contributed by atoms with E-state index in [0.29, 0.717) is 11.3 Å². The zero-order chi connectivity index (χ0) is 8.27. The summed E-state index contributed by atoms with van der Waals surface area (Å²) in [5, 5.41) is 14.0. The molecule has 0 amide bonds. The van der Waals surface area contributed by atoms with E-state index >= 15 is 0 Å². The van der Waals surface area contributed by atoms with Gasteiger partial charge in [0.1, 0.15) is 6.21 Å². The molecule has 11 heavy (non-hydrogen) atoms. The van der Waals surface area contributed by atoms with Crippen molar-refractivity contribution >= 4 is 17.7 Å². The van der Waals surface area contributed by atoms with Crippen molar-refractivity contribution in [2.75, 3.05) is 0 Å². The molecule has 1 heterocycles. The SMILES string of the molecule is [CH2]CCCC1=[N+]([O-])N=CC1=O. The normalized spacial score (nSPS) is 16.6. The summed E-state index contributed by atoms with van der Waals surface area (Å²) >= 11 is 0. The summed E-state index contributed by atoms with van der Waals surface area (Å²) in [4.78, 5) is 11.2. The van der Waals surface area contributed by atoms with E-state index in [-0.39, 0.29) is 11.5 Å². The highest BCUT2D eigenvalue weighted by molar-refractivity contribution is 6.60. The molecule has 4 nitrogen and oxygen atoms in total. The lowest BCUT2D eigenvalue weighted by molar-refractivity contribution is -0.459. The number of Topliss-reactive ketones (excluding diaryl/α,β-unsaturated/α-hetero) is 1. The highest BCUT2D eigenvalue weighted by Crippen LogP contribution is 2.01. The first kappa shape index (κ1) is 7.91. The number of carbonyl (C=O) groups is 1. The Morgan fingerprint density at radius 1 is 1.73 bits per heavy atom. The Bertz CT molecular complexity index is 231. The molecule has 1 rings (SSSR count). The van der Waals surface area contributed by atoms with Crippen LogP contribution in [0.1, 0.15) is 19.3 Å². The predicted octanol–water partition coefficient (Wildman–Crippen LogP) is 0.511. The van der Waals surface area contributed by atoms with Crippen LogP contribution in [0.3, 0.4) is 0 Å². The van der Waals surface area contributed by atoms with E-state index in [1.54, 1.807) is 0 Å². The number of rotatable bonds is 3. The molecule has 0 bridgehead atoms. The van der Waals surface area contributed by atoms with Gasteiger partial charge in [-0.05, 0) is 6.42 Å². The third-order valence-electron chi connectivity index (χ3n) is 1.46. The van der Waals surface area contributed by atoms with Gasteiger partial charge in [-0.15, -0.1) is 0 Å². The summed E-state index contributed by atoms with van der Waals surface area (Å²) in [6.45, 7) is 3.61. The van der Waals surface area contributed by atoms with E-state index in [2.05, 4.69) is 12.0 Å². The van der Waals surface area contributed by atoms with Crippen LogP contribution < -0.4 is 0 Å². The fourth-order valence-corrected chi connectivity index (χ4v) is 0.855. The number of nitrogens with zero attached hydrogens (tertiary/aromatic N) is 2. The number of hydrogen-bond donors (Lipinski definition) is 0. The van der Waals surface area contributed by atoms with Crippen molar-refractivity contribution in [1.29, 1.82) is 0 Å². The van der Waals surface area contributed by atoms with Crippen LogP contribution in [-0.2, 0) is 4.79 Å². The van der Waals surface area contributed by atoms with Crippen LogP contribution in [0, 0.1) is 12.1 Å². The van der Waals surface area contributed by atoms with Gasteiger partial charge in [-0.1, -0.05) is 18.2 Å². The topological polar surface area (TPSA) is 55.5 Å². The molecule has 0 aliphatic carbocycles. The lowest BCUT2D eigenvalue weighted by Gasteiger charge is -1.94. The summed E-state index contributed by atoms with van der Waals surface area (Å²) in [5.41, 5.74) is 0.230. The van der Waals surface area contributed by atoms with Crippen LogP contribution >= 0.6 is 0 Å². The molecular formula is C7H9N2O2. The molecule has 0 saturated carbocycles. The van der Waals surface area contributed by atoms with Crippen LogP contribution in [0.25, 0.3) is 0 Å². The predicted molar refractivity (Wildman–Crippen MR) is 41.3 cm³/mol. The third-order valence-corrected chi connectivity index (χ3v) is 1.46. The van der Waals surface area contributed by atoms with E-state index in [4.69, 9.17) is 0 Å². The van der Waals surface area contributed by atoms with Crippen LogP contribution in [0.2, 0.25) is 0 Å². The molecule has 4 heteroatoms. The molecule has 0 N–H and O–H groups in total. The first-order chi connectivity index (χ1) is 5.25. The Hall–Kier alpha value is -1.19. The molecule has 0 unspecified atom stereocenters. The molecule has 59 valence electrons. The standard InChI is InChI=1S/C7H9N2O2/c1-2-3-4-6-7(10)5-8-9(6)11/h5H,1-4H2. The van der Waals surface area contributed by atoms with E-state index in [0.717, 1.165) is 19.1 Å². The zero-order valence-corrected chi connectivity index (χ0v) is 6.12. The molecule has 0 aromatic carbocycles. The second kappa shape index (κ2) is 3.27. The van der Waals surface area contributed by atoms with Crippen molar-refractivity contribution in [2.45, 2.75) is 19.3 Å². The number of hydrogen-bond acceptors (Lipinski definition) is 3. The maximum Gasteiger partial charge on any atom is 0.273 e. The first-order valence-electron chi connectivity index (χ1n) is 3.46. The van der Waals surface area contributed by atoms with Crippen molar-refractivity contribution in [3.8, 4) is 0 Å². The van der Waals surface area contributed by atoms with Gasteiger partial charge >= 0.3 is 0 Å². The highest BCUT2D eigenvalue weighted by atomic mass is 16.5. The molecule has 1 aliphatic heterocycles. The summed E-state index contributed by atoms with van der Waals surface area (Å²) in [7, 11) is 0. The fraction of sp³-hybridized carbons (Fsp3) is 0.429.